The topological polar surface area (TPSA) is 9.23 Å². The molecule has 0 radical (unpaired) electrons. The molecule has 1 heteroatoms. The lowest BCUT2D eigenvalue weighted by atomic mass is 9.87. The monoisotopic (exact) mass is 306 g/mol. The molecule has 0 heterocycles. The fourth-order valence-electron chi connectivity index (χ4n) is 2.39. The number of hydrogen-bond acceptors (Lipinski definition) is 1. The Labute approximate surface area is 140 Å². The minimum atomic E-state index is 0.162. The maximum atomic E-state index is 6.02. The van der Waals surface area contributed by atoms with Gasteiger partial charge < -0.3 is 4.74 Å². The van der Waals surface area contributed by atoms with E-state index in [4.69, 9.17) is 4.74 Å². The smallest absolute Gasteiger partial charge is 0.126 e. The molecule has 0 saturated heterocycles. The van der Waals surface area contributed by atoms with Gasteiger partial charge >= 0.3 is 0 Å². The molecule has 0 unspecified atom stereocenters. The molecule has 0 aromatic heterocycles. The zero-order valence-electron chi connectivity index (χ0n) is 14.6. The average Bonchev–Trinajstić information content (AvgIpc) is 2.73. The molecule has 23 heavy (non-hydrogen) atoms. The van der Waals surface area contributed by atoms with Gasteiger partial charge in [-0.3, -0.25) is 0 Å². The second-order valence-electron chi connectivity index (χ2n) is 6.82. The van der Waals surface area contributed by atoms with Gasteiger partial charge in [-0.15, -0.1) is 0 Å². The lowest BCUT2D eigenvalue weighted by molar-refractivity contribution is 0.415. The average molecular weight is 306 g/mol. The van der Waals surface area contributed by atoms with Gasteiger partial charge in [-0.25, -0.2) is 0 Å². The molecular weight excluding hydrogens is 280 g/mol. The number of benzene rings is 1. The quantitative estimate of drug-likeness (QED) is 0.596. The molecule has 0 N–H and O–H groups in total. The Kier molecular flexibility index (Phi) is 5.44. The van der Waals surface area contributed by atoms with E-state index in [1.54, 1.807) is 0 Å². The highest BCUT2D eigenvalue weighted by atomic mass is 16.5. The fraction of sp³-hybridized carbons (Fsp3) is 0.273. The van der Waals surface area contributed by atoms with Crippen LogP contribution in [0.25, 0.3) is 0 Å². The molecule has 0 bridgehead atoms. The van der Waals surface area contributed by atoms with E-state index in [0.29, 0.717) is 0 Å². The number of rotatable bonds is 4. The van der Waals surface area contributed by atoms with Crippen molar-refractivity contribution in [1.29, 1.82) is 0 Å². The summed E-state index contributed by atoms with van der Waals surface area (Å²) < 4.78 is 6.02. The third kappa shape index (κ3) is 4.85. The summed E-state index contributed by atoms with van der Waals surface area (Å²) in [5.41, 5.74) is 3.86. The van der Waals surface area contributed by atoms with E-state index in [2.05, 4.69) is 64.6 Å². The standard InChI is InChI=1S/C22H26O/c1-6-8-17(2)18-9-7-10-20(14-11-18)23-21-15-12-19(13-16-21)22(3,4)5/h6-9,11-16H,1,10H2,2-5H3/b17-8+. The summed E-state index contributed by atoms with van der Waals surface area (Å²) in [5.74, 6) is 1.83. The third-order valence-electron chi connectivity index (χ3n) is 3.86. The summed E-state index contributed by atoms with van der Waals surface area (Å²) >= 11 is 0. The van der Waals surface area contributed by atoms with Gasteiger partial charge in [0.1, 0.15) is 11.5 Å². The van der Waals surface area contributed by atoms with E-state index >= 15 is 0 Å². The van der Waals surface area contributed by atoms with Gasteiger partial charge in [0, 0.05) is 6.42 Å². The van der Waals surface area contributed by atoms with E-state index in [1.165, 1.54) is 16.7 Å². The van der Waals surface area contributed by atoms with Crippen molar-refractivity contribution in [1.82, 2.24) is 0 Å². The van der Waals surface area contributed by atoms with Crippen LogP contribution in [-0.2, 0) is 5.41 Å². The Morgan fingerprint density at radius 2 is 1.83 bits per heavy atom. The van der Waals surface area contributed by atoms with Gasteiger partial charge in [-0.2, -0.15) is 0 Å². The molecule has 1 aliphatic carbocycles. The van der Waals surface area contributed by atoms with Crippen molar-refractivity contribution >= 4 is 0 Å². The molecule has 120 valence electrons. The predicted octanol–water partition coefficient (Wildman–Crippen LogP) is 6.27. The Morgan fingerprint density at radius 1 is 1.13 bits per heavy atom. The highest BCUT2D eigenvalue weighted by Gasteiger charge is 2.13. The lowest BCUT2D eigenvalue weighted by Gasteiger charge is -2.19. The van der Waals surface area contributed by atoms with Crippen LogP contribution in [0, 0.1) is 0 Å². The van der Waals surface area contributed by atoms with Crippen LogP contribution in [0.3, 0.4) is 0 Å². The number of hydrogen-bond donors (Lipinski definition) is 0. The molecule has 0 fully saturated rings. The highest BCUT2D eigenvalue weighted by Crippen LogP contribution is 2.26. The molecule has 2 rings (SSSR count). The molecule has 1 aromatic carbocycles. The Bertz CT molecular complexity index is 674. The molecule has 0 aliphatic heterocycles. The third-order valence-corrected chi connectivity index (χ3v) is 3.86. The summed E-state index contributed by atoms with van der Waals surface area (Å²) in [6.07, 6.45) is 13.0. The first kappa shape index (κ1) is 17.1. The zero-order chi connectivity index (χ0) is 16.9. The Balaban J connectivity index is 2.13. The van der Waals surface area contributed by atoms with Crippen molar-refractivity contribution in [2.45, 2.75) is 39.5 Å². The first-order chi connectivity index (χ1) is 10.9. The second kappa shape index (κ2) is 7.32. The first-order valence-electron chi connectivity index (χ1n) is 8.05. The van der Waals surface area contributed by atoms with Gasteiger partial charge in [0.05, 0.1) is 0 Å². The van der Waals surface area contributed by atoms with E-state index in [1.807, 2.05) is 30.4 Å². The van der Waals surface area contributed by atoms with E-state index in [0.717, 1.165) is 17.9 Å². The molecule has 1 aromatic rings. The van der Waals surface area contributed by atoms with Crippen molar-refractivity contribution in [3.63, 3.8) is 0 Å². The molecule has 1 aliphatic rings. The number of ether oxygens (including phenoxy) is 1. The molecule has 0 spiro atoms. The predicted molar refractivity (Wildman–Crippen MR) is 99.6 cm³/mol. The van der Waals surface area contributed by atoms with E-state index in [9.17, 15) is 0 Å². The van der Waals surface area contributed by atoms with Gasteiger partial charge in [0.25, 0.3) is 0 Å². The Morgan fingerprint density at radius 3 is 2.43 bits per heavy atom. The van der Waals surface area contributed by atoms with Gasteiger partial charge in [-0.05, 0) is 47.3 Å². The minimum Gasteiger partial charge on any atom is -0.461 e. The maximum Gasteiger partial charge on any atom is 0.126 e. The summed E-state index contributed by atoms with van der Waals surface area (Å²) in [7, 11) is 0. The minimum absolute atomic E-state index is 0.162. The molecule has 0 amide bonds. The van der Waals surface area contributed by atoms with Gasteiger partial charge in [0.15, 0.2) is 0 Å². The van der Waals surface area contributed by atoms with Crippen molar-refractivity contribution in [3.05, 3.63) is 89.8 Å². The summed E-state index contributed by atoms with van der Waals surface area (Å²) in [5, 5.41) is 0. The summed E-state index contributed by atoms with van der Waals surface area (Å²) in [6, 6.07) is 8.37. The van der Waals surface area contributed by atoms with Crippen molar-refractivity contribution in [3.8, 4) is 5.75 Å². The van der Waals surface area contributed by atoms with Crippen LogP contribution in [0.4, 0.5) is 0 Å². The van der Waals surface area contributed by atoms with Crippen molar-refractivity contribution < 1.29 is 4.74 Å². The lowest BCUT2D eigenvalue weighted by Crippen LogP contribution is -2.10. The maximum absolute atomic E-state index is 6.02. The van der Waals surface area contributed by atoms with Crippen LogP contribution in [0.2, 0.25) is 0 Å². The molecule has 0 saturated carbocycles. The van der Waals surface area contributed by atoms with E-state index < -0.39 is 0 Å². The van der Waals surface area contributed by atoms with Gasteiger partial charge in [0.2, 0.25) is 0 Å². The van der Waals surface area contributed by atoms with Crippen LogP contribution in [0.5, 0.6) is 5.75 Å². The summed E-state index contributed by atoms with van der Waals surface area (Å²) in [6.45, 7) is 12.5. The fourth-order valence-corrected chi connectivity index (χ4v) is 2.39. The van der Waals surface area contributed by atoms with E-state index in [-0.39, 0.29) is 5.41 Å². The van der Waals surface area contributed by atoms with Crippen LogP contribution in [0.1, 0.15) is 39.7 Å². The largest absolute Gasteiger partial charge is 0.461 e. The molecule has 0 atom stereocenters. The van der Waals surface area contributed by atoms with Crippen LogP contribution in [-0.4, -0.2) is 0 Å². The SMILES string of the molecule is C=C/C=C(\C)C1=CC=C(Oc2ccc(C(C)(C)C)cc2)CC=C1. The van der Waals surface area contributed by atoms with Crippen LogP contribution in [0.15, 0.2) is 84.2 Å². The summed E-state index contributed by atoms with van der Waals surface area (Å²) in [4.78, 5) is 0. The van der Waals surface area contributed by atoms with Gasteiger partial charge in [-0.1, -0.05) is 69.9 Å². The Hall–Kier alpha value is -2.28. The molecule has 1 nitrogen and oxygen atoms in total. The first-order valence-corrected chi connectivity index (χ1v) is 8.05. The van der Waals surface area contributed by atoms with Crippen molar-refractivity contribution in [2.75, 3.05) is 0 Å². The van der Waals surface area contributed by atoms with Crippen molar-refractivity contribution in [2.24, 2.45) is 0 Å². The van der Waals surface area contributed by atoms with Crippen LogP contribution >= 0.6 is 0 Å². The molecular formula is C22H26O. The van der Waals surface area contributed by atoms with Crippen LogP contribution < -0.4 is 4.74 Å². The second-order valence-corrected chi connectivity index (χ2v) is 6.82. The highest BCUT2D eigenvalue weighted by molar-refractivity contribution is 5.44. The normalized spacial score (nSPS) is 15.6. The zero-order valence-corrected chi connectivity index (χ0v) is 14.6. The number of allylic oxidation sites excluding steroid dienone is 8.